The first-order valence-electron chi connectivity index (χ1n) is 6.13. The van der Waals surface area contributed by atoms with Gasteiger partial charge in [0.1, 0.15) is 0 Å². The largest absolute Gasteiger partial charge is 0.465 e. The molecule has 2 aromatic rings. The normalized spacial score (nSPS) is 10.3. The number of nitrogens with one attached hydrogen (secondary N) is 1. The van der Waals surface area contributed by atoms with E-state index in [0.717, 1.165) is 5.56 Å². The van der Waals surface area contributed by atoms with Crippen LogP contribution in [0.25, 0.3) is 0 Å². The van der Waals surface area contributed by atoms with Crippen molar-refractivity contribution >= 4 is 46.2 Å². The Morgan fingerprint density at radius 1 is 1.19 bits per heavy atom. The number of ether oxygens (including phenoxy) is 1. The lowest BCUT2D eigenvalue weighted by Crippen LogP contribution is -2.07. The van der Waals surface area contributed by atoms with Gasteiger partial charge in [0.25, 0.3) is 0 Å². The third-order valence-corrected chi connectivity index (χ3v) is 3.53. The lowest BCUT2D eigenvalue weighted by molar-refractivity contribution is 0.0602. The predicted octanol–water partition coefficient (Wildman–Crippen LogP) is 4.41. The van der Waals surface area contributed by atoms with E-state index in [2.05, 4.69) is 5.32 Å². The van der Waals surface area contributed by atoms with E-state index in [9.17, 15) is 4.79 Å². The third kappa shape index (κ3) is 3.40. The number of nitrogens with two attached hydrogens (primary N) is 1. The van der Waals surface area contributed by atoms with Crippen molar-refractivity contribution in [2.75, 3.05) is 18.2 Å². The molecule has 2 rings (SSSR count). The molecule has 0 heterocycles. The monoisotopic (exact) mass is 324 g/mol. The van der Waals surface area contributed by atoms with Crippen LogP contribution in [-0.2, 0) is 4.74 Å². The van der Waals surface area contributed by atoms with Crippen LogP contribution >= 0.6 is 23.2 Å². The second-order valence-corrected chi connectivity index (χ2v) is 5.34. The van der Waals surface area contributed by atoms with Crippen LogP contribution in [-0.4, -0.2) is 13.1 Å². The van der Waals surface area contributed by atoms with Gasteiger partial charge in [-0.05, 0) is 36.8 Å². The molecule has 6 heteroatoms. The molecule has 0 aromatic heterocycles. The van der Waals surface area contributed by atoms with Crippen LogP contribution in [0.15, 0.2) is 30.3 Å². The Morgan fingerprint density at radius 3 is 2.57 bits per heavy atom. The summed E-state index contributed by atoms with van der Waals surface area (Å²) < 4.78 is 4.75. The fraction of sp³-hybridized carbons (Fsp3) is 0.133. The van der Waals surface area contributed by atoms with Crippen molar-refractivity contribution in [3.05, 3.63) is 51.5 Å². The van der Waals surface area contributed by atoms with Crippen LogP contribution in [0.4, 0.5) is 17.1 Å². The Balaban J connectivity index is 2.53. The molecule has 3 N–H and O–H groups in total. The molecule has 0 aliphatic carbocycles. The second-order valence-electron chi connectivity index (χ2n) is 4.53. The average Bonchev–Trinajstić information content (AvgIpc) is 2.44. The maximum atomic E-state index is 11.9. The van der Waals surface area contributed by atoms with E-state index < -0.39 is 5.97 Å². The number of aryl methyl sites for hydroxylation is 1. The summed E-state index contributed by atoms with van der Waals surface area (Å²) in [6, 6.07) is 8.57. The summed E-state index contributed by atoms with van der Waals surface area (Å²) in [5.74, 6) is -0.532. The Kier molecular flexibility index (Phi) is 4.60. The van der Waals surface area contributed by atoms with Crippen molar-refractivity contribution in [2.45, 2.75) is 6.92 Å². The molecular weight excluding hydrogens is 311 g/mol. The molecule has 0 saturated heterocycles. The first-order valence-corrected chi connectivity index (χ1v) is 6.88. The predicted molar refractivity (Wildman–Crippen MR) is 86.7 cm³/mol. The van der Waals surface area contributed by atoms with Gasteiger partial charge in [-0.3, -0.25) is 0 Å². The number of anilines is 3. The van der Waals surface area contributed by atoms with E-state index >= 15 is 0 Å². The first-order chi connectivity index (χ1) is 9.92. The third-order valence-electron chi connectivity index (χ3n) is 2.90. The fourth-order valence-corrected chi connectivity index (χ4v) is 2.34. The van der Waals surface area contributed by atoms with Crippen LogP contribution in [0.2, 0.25) is 10.0 Å². The summed E-state index contributed by atoms with van der Waals surface area (Å²) in [6.07, 6.45) is 0. The summed E-state index contributed by atoms with van der Waals surface area (Å²) >= 11 is 12.3. The Morgan fingerprint density at radius 2 is 1.90 bits per heavy atom. The smallest absolute Gasteiger partial charge is 0.340 e. The molecule has 0 saturated carbocycles. The number of nitrogen functional groups attached to an aromatic ring is 1. The zero-order chi connectivity index (χ0) is 15.6. The van der Waals surface area contributed by atoms with E-state index in [-0.39, 0.29) is 5.56 Å². The number of halogens is 2. The van der Waals surface area contributed by atoms with E-state index in [0.29, 0.717) is 27.1 Å². The molecular formula is C15H14Cl2N2O2. The summed E-state index contributed by atoms with van der Waals surface area (Å²) in [5.41, 5.74) is 8.42. The second kappa shape index (κ2) is 6.24. The minimum absolute atomic E-state index is 0.250. The molecule has 0 aliphatic heterocycles. The number of hydrogen-bond acceptors (Lipinski definition) is 4. The molecule has 21 heavy (non-hydrogen) atoms. The van der Waals surface area contributed by atoms with Crippen LogP contribution in [0.5, 0.6) is 0 Å². The lowest BCUT2D eigenvalue weighted by atomic mass is 10.1. The zero-order valence-corrected chi connectivity index (χ0v) is 13.0. The average molecular weight is 325 g/mol. The number of carbonyl (C=O) groups excluding carboxylic acids is 1. The van der Waals surface area contributed by atoms with Crippen molar-refractivity contribution < 1.29 is 9.53 Å². The van der Waals surface area contributed by atoms with Crippen molar-refractivity contribution in [3.8, 4) is 0 Å². The Bertz CT molecular complexity index is 702. The van der Waals surface area contributed by atoms with Crippen LogP contribution in [0.1, 0.15) is 15.9 Å². The van der Waals surface area contributed by atoms with Gasteiger partial charge in [-0.25, -0.2) is 4.79 Å². The van der Waals surface area contributed by atoms with Gasteiger partial charge < -0.3 is 15.8 Å². The highest BCUT2D eigenvalue weighted by Gasteiger charge is 2.17. The minimum atomic E-state index is -0.532. The first kappa shape index (κ1) is 15.5. The standard InChI is InChI=1S/C15H14Cl2N2O2/c1-8-3-4-11(16)13(5-8)19-14-10(15(20)21-2)6-9(18)7-12(14)17/h3-7,19H,18H2,1-2H3. The molecule has 0 bridgehead atoms. The molecule has 0 atom stereocenters. The van der Waals surface area contributed by atoms with Gasteiger partial charge in [-0.2, -0.15) is 0 Å². The molecule has 2 aromatic carbocycles. The maximum Gasteiger partial charge on any atom is 0.340 e. The topological polar surface area (TPSA) is 64.3 Å². The molecule has 0 fully saturated rings. The van der Waals surface area contributed by atoms with Crippen LogP contribution < -0.4 is 11.1 Å². The molecule has 4 nitrogen and oxygen atoms in total. The van der Waals surface area contributed by atoms with Gasteiger partial charge in [0, 0.05) is 5.69 Å². The summed E-state index contributed by atoms with van der Waals surface area (Å²) in [4.78, 5) is 11.9. The number of methoxy groups -OCH3 is 1. The Labute approximate surface area is 132 Å². The lowest BCUT2D eigenvalue weighted by Gasteiger charge is -2.15. The van der Waals surface area contributed by atoms with Crippen LogP contribution in [0, 0.1) is 6.92 Å². The van der Waals surface area contributed by atoms with E-state index in [4.69, 9.17) is 33.7 Å². The van der Waals surface area contributed by atoms with Crippen molar-refractivity contribution in [3.63, 3.8) is 0 Å². The number of benzene rings is 2. The molecule has 0 amide bonds. The molecule has 0 spiro atoms. The van der Waals surface area contributed by atoms with Gasteiger partial charge in [-0.15, -0.1) is 0 Å². The van der Waals surface area contributed by atoms with E-state index in [1.807, 2.05) is 19.1 Å². The number of carbonyl (C=O) groups is 1. The quantitative estimate of drug-likeness (QED) is 0.648. The van der Waals surface area contributed by atoms with Gasteiger partial charge in [0.15, 0.2) is 0 Å². The maximum absolute atomic E-state index is 11.9. The summed E-state index contributed by atoms with van der Waals surface area (Å²) in [5, 5.41) is 3.90. The molecule has 0 unspecified atom stereocenters. The number of esters is 1. The van der Waals surface area contributed by atoms with Gasteiger partial charge in [-0.1, -0.05) is 29.3 Å². The summed E-state index contributed by atoms with van der Waals surface area (Å²) in [6.45, 7) is 1.94. The Hall–Kier alpha value is -1.91. The summed E-state index contributed by atoms with van der Waals surface area (Å²) in [7, 11) is 1.29. The van der Waals surface area contributed by atoms with Crippen LogP contribution in [0.3, 0.4) is 0 Å². The van der Waals surface area contributed by atoms with Gasteiger partial charge in [0.2, 0.25) is 0 Å². The van der Waals surface area contributed by atoms with E-state index in [1.165, 1.54) is 13.2 Å². The minimum Gasteiger partial charge on any atom is -0.465 e. The van der Waals surface area contributed by atoms with Gasteiger partial charge >= 0.3 is 5.97 Å². The zero-order valence-electron chi connectivity index (χ0n) is 11.5. The number of hydrogen-bond donors (Lipinski definition) is 2. The molecule has 0 aliphatic rings. The highest BCUT2D eigenvalue weighted by molar-refractivity contribution is 6.35. The van der Waals surface area contributed by atoms with Crippen molar-refractivity contribution in [1.29, 1.82) is 0 Å². The SMILES string of the molecule is COC(=O)c1cc(N)cc(Cl)c1Nc1cc(C)ccc1Cl. The van der Waals surface area contributed by atoms with Crippen molar-refractivity contribution in [1.82, 2.24) is 0 Å². The van der Waals surface area contributed by atoms with E-state index in [1.54, 1.807) is 12.1 Å². The van der Waals surface area contributed by atoms with Crippen molar-refractivity contribution in [2.24, 2.45) is 0 Å². The highest BCUT2D eigenvalue weighted by Crippen LogP contribution is 2.34. The molecule has 0 radical (unpaired) electrons. The highest BCUT2D eigenvalue weighted by atomic mass is 35.5. The van der Waals surface area contributed by atoms with Gasteiger partial charge in [0.05, 0.1) is 34.1 Å². The number of rotatable bonds is 3. The molecule has 110 valence electrons. The fourth-order valence-electron chi connectivity index (χ4n) is 1.90.